The summed E-state index contributed by atoms with van der Waals surface area (Å²) >= 11 is 1.60. The van der Waals surface area contributed by atoms with E-state index in [0.29, 0.717) is 12.1 Å². The Hall–Kier alpha value is -2.31. The predicted octanol–water partition coefficient (Wildman–Crippen LogP) is 3.70. The number of nitrogens with zero attached hydrogens (tertiary/aromatic N) is 1. The van der Waals surface area contributed by atoms with Crippen LogP contribution in [0.5, 0.6) is 0 Å². The molecule has 1 amide bonds. The molecule has 2 aliphatic heterocycles. The molecule has 6 heteroatoms. The molecular formula is C22H23NO4S. The third-order valence-electron chi connectivity index (χ3n) is 5.07. The van der Waals surface area contributed by atoms with E-state index in [1.54, 1.807) is 22.7 Å². The van der Waals surface area contributed by atoms with Gasteiger partial charge in [0, 0.05) is 29.5 Å². The SMILES string of the molecule is O=C(OCC(=O)N1CCc2ccccc21)c1ccccc1SC[C@H]1CCCO1. The lowest BCUT2D eigenvalue weighted by atomic mass is 10.2. The lowest BCUT2D eigenvalue weighted by molar-refractivity contribution is -0.121. The molecule has 5 nitrogen and oxygen atoms in total. The number of carbonyl (C=O) groups excluding carboxylic acids is 2. The first kappa shape index (κ1) is 19.0. The third kappa shape index (κ3) is 4.23. The number of para-hydroxylation sites is 1. The maximum atomic E-state index is 12.6. The number of esters is 1. The first-order chi connectivity index (χ1) is 13.7. The Labute approximate surface area is 169 Å². The van der Waals surface area contributed by atoms with Crippen LogP contribution in [-0.4, -0.2) is 43.5 Å². The van der Waals surface area contributed by atoms with Crippen LogP contribution in [0.3, 0.4) is 0 Å². The molecule has 0 saturated carbocycles. The van der Waals surface area contributed by atoms with Gasteiger partial charge in [-0.2, -0.15) is 0 Å². The van der Waals surface area contributed by atoms with Crippen LogP contribution in [0.1, 0.15) is 28.8 Å². The number of rotatable bonds is 6. The Kier molecular flexibility index (Phi) is 5.98. The summed E-state index contributed by atoms with van der Waals surface area (Å²) in [6.07, 6.45) is 3.23. The molecule has 0 bridgehead atoms. The minimum atomic E-state index is -0.462. The zero-order valence-electron chi connectivity index (χ0n) is 15.6. The molecule has 0 spiro atoms. The molecule has 2 aromatic rings. The number of ether oxygens (including phenoxy) is 2. The van der Waals surface area contributed by atoms with Crippen LogP contribution in [0.15, 0.2) is 53.4 Å². The maximum absolute atomic E-state index is 12.6. The number of thioether (sulfide) groups is 1. The molecule has 28 heavy (non-hydrogen) atoms. The third-order valence-corrected chi connectivity index (χ3v) is 6.28. The normalized spacial score (nSPS) is 18.1. The monoisotopic (exact) mass is 397 g/mol. The summed E-state index contributed by atoms with van der Waals surface area (Å²) in [7, 11) is 0. The highest BCUT2D eigenvalue weighted by molar-refractivity contribution is 7.99. The van der Waals surface area contributed by atoms with E-state index in [4.69, 9.17) is 9.47 Å². The second kappa shape index (κ2) is 8.80. The van der Waals surface area contributed by atoms with Gasteiger partial charge < -0.3 is 14.4 Å². The highest BCUT2D eigenvalue weighted by Crippen LogP contribution is 2.29. The summed E-state index contributed by atoms with van der Waals surface area (Å²) in [5.74, 6) is 0.160. The van der Waals surface area contributed by atoms with Gasteiger partial charge in [-0.1, -0.05) is 30.3 Å². The first-order valence-corrected chi connectivity index (χ1v) is 10.6. The fourth-order valence-electron chi connectivity index (χ4n) is 3.60. The second-order valence-corrected chi connectivity index (χ2v) is 8.00. The van der Waals surface area contributed by atoms with E-state index in [2.05, 4.69) is 0 Å². The van der Waals surface area contributed by atoms with Crippen molar-refractivity contribution < 1.29 is 19.1 Å². The van der Waals surface area contributed by atoms with Gasteiger partial charge in [0.05, 0.1) is 11.7 Å². The number of anilines is 1. The van der Waals surface area contributed by atoms with E-state index in [1.807, 2.05) is 42.5 Å². The zero-order chi connectivity index (χ0) is 19.3. The van der Waals surface area contributed by atoms with Crippen LogP contribution in [0.25, 0.3) is 0 Å². The number of carbonyl (C=O) groups is 2. The van der Waals surface area contributed by atoms with E-state index in [-0.39, 0.29) is 18.6 Å². The van der Waals surface area contributed by atoms with Crippen LogP contribution >= 0.6 is 11.8 Å². The van der Waals surface area contributed by atoms with Crippen molar-refractivity contribution in [1.82, 2.24) is 0 Å². The number of hydrogen-bond acceptors (Lipinski definition) is 5. The average molecular weight is 397 g/mol. The molecule has 2 heterocycles. The van der Waals surface area contributed by atoms with Crippen molar-refractivity contribution in [2.24, 2.45) is 0 Å². The summed E-state index contributed by atoms with van der Waals surface area (Å²) < 4.78 is 11.0. The van der Waals surface area contributed by atoms with Crippen molar-refractivity contribution in [2.45, 2.75) is 30.3 Å². The lowest BCUT2D eigenvalue weighted by Gasteiger charge is -2.17. The molecule has 0 aliphatic carbocycles. The molecule has 4 rings (SSSR count). The Balaban J connectivity index is 1.35. The highest BCUT2D eigenvalue weighted by Gasteiger charge is 2.25. The van der Waals surface area contributed by atoms with Gasteiger partial charge in [-0.25, -0.2) is 4.79 Å². The number of benzene rings is 2. The van der Waals surface area contributed by atoms with Crippen LogP contribution < -0.4 is 4.90 Å². The van der Waals surface area contributed by atoms with Crippen LogP contribution in [0, 0.1) is 0 Å². The van der Waals surface area contributed by atoms with Gasteiger partial charge in [-0.05, 0) is 43.0 Å². The van der Waals surface area contributed by atoms with Crippen molar-refractivity contribution >= 4 is 29.3 Å². The van der Waals surface area contributed by atoms with E-state index in [1.165, 1.54) is 0 Å². The van der Waals surface area contributed by atoms with Crippen molar-refractivity contribution in [3.63, 3.8) is 0 Å². The van der Waals surface area contributed by atoms with Crippen molar-refractivity contribution in [1.29, 1.82) is 0 Å². The molecule has 146 valence electrons. The highest BCUT2D eigenvalue weighted by atomic mass is 32.2. The van der Waals surface area contributed by atoms with Crippen LogP contribution in [0.4, 0.5) is 5.69 Å². The molecule has 1 saturated heterocycles. The summed E-state index contributed by atoms with van der Waals surface area (Å²) in [5.41, 5.74) is 2.56. The Morgan fingerprint density at radius 2 is 1.96 bits per heavy atom. The fourth-order valence-corrected chi connectivity index (χ4v) is 4.71. The Morgan fingerprint density at radius 3 is 2.82 bits per heavy atom. The molecule has 2 aromatic carbocycles. The van der Waals surface area contributed by atoms with Gasteiger partial charge in [-0.3, -0.25) is 4.79 Å². The molecule has 2 aliphatic rings. The number of hydrogen-bond donors (Lipinski definition) is 0. The van der Waals surface area contributed by atoms with Gasteiger partial charge in [-0.15, -0.1) is 11.8 Å². The van der Waals surface area contributed by atoms with E-state index >= 15 is 0 Å². The summed E-state index contributed by atoms with van der Waals surface area (Å²) in [4.78, 5) is 27.7. The smallest absolute Gasteiger partial charge is 0.339 e. The fraction of sp³-hybridized carbons (Fsp3) is 0.364. The van der Waals surface area contributed by atoms with Gasteiger partial charge in [0.25, 0.3) is 5.91 Å². The van der Waals surface area contributed by atoms with Crippen molar-refractivity contribution in [3.05, 3.63) is 59.7 Å². The van der Waals surface area contributed by atoms with E-state index in [9.17, 15) is 9.59 Å². The molecule has 1 fully saturated rings. The Morgan fingerprint density at radius 1 is 1.14 bits per heavy atom. The number of fused-ring (bicyclic) bond motifs is 1. The molecule has 0 aromatic heterocycles. The van der Waals surface area contributed by atoms with Gasteiger partial charge in [0.2, 0.25) is 0 Å². The minimum absolute atomic E-state index is 0.192. The second-order valence-electron chi connectivity index (χ2n) is 6.94. The van der Waals surface area contributed by atoms with Crippen molar-refractivity contribution in [3.8, 4) is 0 Å². The van der Waals surface area contributed by atoms with E-state index in [0.717, 1.165) is 47.8 Å². The molecule has 0 N–H and O–H groups in total. The predicted molar refractivity (Wildman–Crippen MR) is 109 cm³/mol. The minimum Gasteiger partial charge on any atom is -0.452 e. The standard InChI is InChI=1S/C22H23NO4S/c24-21(23-12-11-16-6-1-3-9-19(16)23)14-27-22(25)18-8-2-4-10-20(18)28-15-17-7-5-13-26-17/h1-4,6,8-10,17H,5,7,11-15H2/t17-/m1/s1. The first-order valence-electron chi connectivity index (χ1n) is 9.61. The molecule has 0 unspecified atom stereocenters. The quantitative estimate of drug-likeness (QED) is 0.549. The maximum Gasteiger partial charge on any atom is 0.339 e. The topological polar surface area (TPSA) is 55.8 Å². The van der Waals surface area contributed by atoms with Gasteiger partial charge in [0.15, 0.2) is 6.61 Å². The average Bonchev–Trinajstić information content (AvgIpc) is 3.40. The van der Waals surface area contributed by atoms with Crippen LogP contribution in [-0.2, 0) is 20.7 Å². The number of amides is 1. The summed E-state index contributed by atoms with van der Waals surface area (Å²) in [6.45, 7) is 1.19. The Bertz CT molecular complexity index is 863. The lowest BCUT2D eigenvalue weighted by Crippen LogP contribution is -2.33. The van der Waals surface area contributed by atoms with Gasteiger partial charge in [0.1, 0.15) is 0 Å². The van der Waals surface area contributed by atoms with Crippen molar-refractivity contribution in [2.75, 3.05) is 30.4 Å². The largest absolute Gasteiger partial charge is 0.452 e. The van der Waals surface area contributed by atoms with Gasteiger partial charge >= 0.3 is 5.97 Å². The molecular weight excluding hydrogens is 374 g/mol. The zero-order valence-corrected chi connectivity index (χ0v) is 16.5. The summed E-state index contributed by atoms with van der Waals surface area (Å²) in [6, 6.07) is 15.2. The summed E-state index contributed by atoms with van der Waals surface area (Å²) in [5, 5.41) is 0. The molecule has 0 radical (unpaired) electrons. The van der Waals surface area contributed by atoms with Crippen LogP contribution in [0.2, 0.25) is 0 Å². The van der Waals surface area contributed by atoms with E-state index < -0.39 is 5.97 Å². The molecule has 1 atom stereocenters.